The molecule has 4 rings (SSSR count). The van der Waals surface area contributed by atoms with Crippen LogP contribution in [-0.4, -0.2) is 21.1 Å². The number of amides is 1. The number of hydrogen-bond donors (Lipinski definition) is 3. The van der Waals surface area contributed by atoms with Crippen LogP contribution in [0, 0.1) is 6.92 Å². The average Bonchev–Trinajstić information content (AvgIpc) is 3.32. The summed E-state index contributed by atoms with van der Waals surface area (Å²) < 4.78 is 5.77. The number of carbonyl (C=O) groups excluding carboxylic acids is 1. The number of benzene rings is 2. The minimum atomic E-state index is -0.555. The van der Waals surface area contributed by atoms with Gasteiger partial charge in [0.15, 0.2) is 5.69 Å². The summed E-state index contributed by atoms with van der Waals surface area (Å²) in [6.45, 7) is 3.05. The fraction of sp³-hybridized carbons (Fsp3) is 0.150. The number of fused-ring (bicyclic) bond motifs is 1. The van der Waals surface area contributed by atoms with Crippen molar-refractivity contribution in [3.63, 3.8) is 0 Å². The number of aromatic amines is 1. The molecule has 28 heavy (non-hydrogen) atoms. The lowest BCUT2D eigenvalue weighted by molar-refractivity contribution is 0.0997. The van der Waals surface area contributed by atoms with Crippen LogP contribution in [0.4, 0.5) is 5.69 Å². The predicted octanol–water partition coefficient (Wildman–Crippen LogP) is 3.62. The molecule has 2 aromatic carbocycles. The molecule has 2 aromatic heterocycles. The van der Waals surface area contributed by atoms with Gasteiger partial charge in [-0.2, -0.15) is 5.10 Å². The Morgan fingerprint density at radius 3 is 2.86 bits per heavy atom. The van der Waals surface area contributed by atoms with Crippen LogP contribution in [0.15, 0.2) is 47.8 Å². The Balaban J connectivity index is 1.37. The zero-order valence-electron chi connectivity index (χ0n) is 15.2. The summed E-state index contributed by atoms with van der Waals surface area (Å²) in [4.78, 5) is 16.0. The van der Waals surface area contributed by atoms with Crippen molar-refractivity contribution in [1.82, 2.24) is 15.2 Å². The van der Waals surface area contributed by atoms with Gasteiger partial charge in [-0.25, -0.2) is 4.98 Å². The van der Waals surface area contributed by atoms with Gasteiger partial charge in [0.1, 0.15) is 17.4 Å². The van der Waals surface area contributed by atoms with E-state index in [1.165, 1.54) is 5.56 Å². The van der Waals surface area contributed by atoms with Gasteiger partial charge in [-0.1, -0.05) is 17.7 Å². The van der Waals surface area contributed by atoms with Crippen molar-refractivity contribution in [3.05, 3.63) is 69.8 Å². The van der Waals surface area contributed by atoms with Crippen LogP contribution in [0.25, 0.3) is 10.9 Å². The second kappa shape index (κ2) is 7.69. The van der Waals surface area contributed by atoms with Crippen LogP contribution in [0.2, 0.25) is 0 Å². The largest absolute Gasteiger partial charge is 0.486 e. The highest BCUT2D eigenvalue weighted by Crippen LogP contribution is 2.21. The van der Waals surface area contributed by atoms with E-state index in [0.717, 1.165) is 27.7 Å². The number of ether oxygens (including phenoxy) is 1. The lowest BCUT2D eigenvalue weighted by atomic mass is 10.2. The highest BCUT2D eigenvalue weighted by atomic mass is 32.1. The molecule has 0 atom stereocenters. The fourth-order valence-electron chi connectivity index (χ4n) is 2.78. The molecule has 0 unspecified atom stereocenters. The number of nitrogens with zero attached hydrogens (tertiary/aromatic N) is 2. The van der Waals surface area contributed by atoms with Crippen molar-refractivity contribution < 1.29 is 9.53 Å². The summed E-state index contributed by atoms with van der Waals surface area (Å²) in [5, 5.41) is 13.7. The minimum Gasteiger partial charge on any atom is -0.486 e. The smallest absolute Gasteiger partial charge is 0.269 e. The molecule has 1 amide bonds. The van der Waals surface area contributed by atoms with E-state index in [1.54, 1.807) is 11.3 Å². The number of H-pyrrole nitrogens is 1. The molecule has 0 fully saturated rings. The first-order valence-corrected chi connectivity index (χ1v) is 9.61. The van der Waals surface area contributed by atoms with E-state index in [4.69, 9.17) is 10.5 Å². The standard InChI is InChI=1S/C20H19N5O2S/c1-12-2-5-15(6-3-12)27-10-18-23-14(11-28-18)9-22-13-4-7-17-16(8-13)19(20(21)26)25-24-17/h2-8,11,22H,9-10H2,1H3,(H2,21,26)(H,24,25). The molecule has 7 nitrogen and oxygen atoms in total. The Hall–Kier alpha value is -3.39. The maximum atomic E-state index is 11.4. The monoisotopic (exact) mass is 393 g/mol. The van der Waals surface area contributed by atoms with Gasteiger partial charge in [-0.3, -0.25) is 9.89 Å². The molecule has 8 heteroatoms. The molecule has 0 aliphatic rings. The summed E-state index contributed by atoms with van der Waals surface area (Å²) in [6.07, 6.45) is 0. The molecule has 0 saturated carbocycles. The normalized spacial score (nSPS) is 10.9. The highest BCUT2D eigenvalue weighted by Gasteiger charge is 2.11. The van der Waals surface area contributed by atoms with Crippen molar-refractivity contribution in [3.8, 4) is 5.75 Å². The fourth-order valence-corrected chi connectivity index (χ4v) is 3.49. The molecule has 0 aliphatic heterocycles. The third-order valence-electron chi connectivity index (χ3n) is 4.25. The molecule has 142 valence electrons. The topological polar surface area (TPSA) is 106 Å². The molecule has 0 radical (unpaired) electrons. The van der Waals surface area contributed by atoms with E-state index in [2.05, 4.69) is 20.5 Å². The first kappa shape index (κ1) is 18.0. The summed E-state index contributed by atoms with van der Waals surface area (Å²) in [7, 11) is 0. The van der Waals surface area contributed by atoms with Crippen LogP contribution in [0.5, 0.6) is 5.75 Å². The zero-order chi connectivity index (χ0) is 19.5. The van der Waals surface area contributed by atoms with E-state index in [1.807, 2.05) is 54.8 Å². The number of nitrogens with two attached hydrogens (primary N) is 1. The predicted molar refractivity (Wildman–Crippen MR) is 110 cm³/mol. The van der Waals surface area contributed by atoms with Crippen LogP contribution < -0.4 is 15.8 Å². The lowest BCUT2D eigenvalue weighted by Crippen LogP contribution is -2.11. The van der Waals surface area contributed by atoms with Crippen molar-refractivity contribution in [2.24, 2.45) is 5.73 Å². The lowest BCUT2D eigenvalue weighted by Gasteiger charge is -2.05. The number of thiazole rings is 1. The second-order valence-electron chi connectivity index (χ2n) is 6.38. The van der Waals surface area contributed by atoms with Gasteiger partial charge in [0.25, 0.3) is 5.91 Å². The third-order valence-corrected chi connectivity index (χ3v) is 5.12. The molecule has 0 bridgehead atoms. The van der Waals surface area contributed by atoms with E-state index < -0.39 is 5.91 Å². The maximum absolute atomic E-state index is 11.4. The minimum absolute atomic E-state index is 0.239. The van der Waals surface area contributed by atoms with Crippen molar-refractivity contribution in [2.75, 3.05) is 5.32 Å². The number of aromatic nitrogens is 3. The molecular weight excluding hydrogens is 374 g/mol. The van der Waals surface area contributed by atoms with Gasteiger partial charge in [0.2, 0.25) is 0 Å². The first-order valence-electron chi connectivity index (χ1n) is 8.73. The van der Waals surface area contributed by atoms with Crippen molar-refractivity contribution in [2.45, 2.75) is 20.1 Å². The zero-order valence-corrected chi connectivity index (χ0v) is 16.0. The molecule has 0 aliphatic carbocycles. The molecule has 0 saturated heterocycles. The Labute approximate surface area is 165 Å². The first-order chi connectivity index (χ1) is 13.6. The second-order valence-corrected chi connectivity index (χ2v) is 7.33. The van der Waals surface area contributed by atoms with Gasteiger partial charge in [-0.05, 0) is 37.3 Å². The van der Waals surface area contributed by atoms with Crippen LogP contribution in [-0.2, 0) is 13.2 Å². The summed E-state index contributed by atoms with van der Waals surface area (Å²) in [6, 6.07) is 13.6. The molecular formula is C20H19N5O2S. The quantitative estimate of drug-likeness (QED) is 0.445. The third kappa shape index (κ3) is 3.96. The summed E-state index contributed by atoms with van der Waals surface area (Å²) in [5.41, 5.74) is 9.35. The van der Waals surface area contributed by atoms with Gasteiger partial charge >= 0.3 is 0 Å². The Morgan fingerprint density at radius 2 is 2.07 bits per heavy atom. The van der Waals surface area contributed by atoms with Gasteiger partial charge in [0.05, 0.1) is 17.8 Å². The van der Waals surface area contributed by atoms with Gasteiger partial charge in [0, 0.05) is 16.5 Å². The van der Waals surface area contributed by atoms with Gasteiger partial charge < -0.3 is 15.8 Å². The molecule has 4 aromatic rings. The Morgan fingerprint density at radius 1 is 1.25 bits per heavy atom. The van der Waals surface area contributed by atoms with Gasteiger partial charge in [-0.15, -0.1) is 11.3 Å². The SMILES string of the molecule is Cc1ccc(OCc2nc(CNc3ccc4[nH]nc(C(N)=O)c4c3)cs2)cc1. The number of rotatable bonds is 7. The number of nitrogens with one attached hydrogen (secondary N) is 2. The number of anilines is 1. The van der Waals surface area contributed by atoms with Crippen LogP contribution in [0.1, 0.15) is 26.8 Å². The summed E-state index contributed by atoms with van der Waals surface area (Å²) >= 11 is 1.57. The number of hydrogen-bond acceptors (Lipinski definition) is 6. The average molecular weight is 393 g/mol. The van der Waals surface area contributed by atoms with Crippen LogP contribution >= 0.6 is 11.3 Å². The molecule has 4 N–H and O–H groups in total. The molecule has 0 spiro atoms. The van der Waals surface area contributed by atoms with E-state index in [9.17, 15) is 4.79 Å². The van der Waals surface area contributed by atoms with E-state index >= 15 is 0 Å². The number of carbonyl (C=O) groups is 1. The Bertz CT molecular complexity index is 1120. The highest BCUT2D eigenvalue weighted by molar-refractivity contribution is 7.09. The van der Waals surface area contributed by atoms with E-state index in [0.29, 0.717) is 18.5 Å². The van der Waals surface area contributed by atoms with Crippen molar-refractivity contribution in [1.29, 1.82) is 0 Å². The van der Waals surface area contributed by atoms with Crippen LogP contribution in [0.3, 0.4) is 0 Å². The number of primary amides is 1. The Kier molecular flexibility index (Phi) is 4.94. The van der Waals surface area contributed by atoms with Crippen molar-refractivity contribution >= 4 is 33.8 Å². The summed E-state index contributed by atoms with van der Waals surface area (Å²) in [5.74, 6) is 0.278. The number of aryl methyl sites for hydroxylation is 1. The molecule has 2 heterocycles. The van der Waals surface area contributed by atoms with E-state index in [-0.39, 0.29) is 5.69 Å². The maximum Gasteiger partial charge on any atom is 0.269 e.